The van der Waals surface area contributed by atoms with Gasteiger partial charge in [0.25, 0.3) is 0 Å². The highest BCUT2D eigenvalue weighted by Crippen LogP contribution is 2.14. The molecular formula is C11H23N3. The van der Waals surface area contributed by atoms with Crippen LogP contribution in [0, 0.1) is 0 Å². The summed E-state index contributed by atoms with van der Waals surface area (Å²) in [5.74, 6) is 0. The summed E-state index contributed by atoms with van der Waals surface area (Å²) < 4.78 is 0. The molecule has 0 spiro atoms. The van der Waals surface area contributed by atoms with Crippen molar-refractivity contribution in [3.05, 3.63) is 0 Å². The number of likely N-dealkylation sites (tertiary alicyclic amines) is 1. The Morgan fingerprint density at radius 2 is 2.29 bits per heavy atom. The fourth-order valence-electron chi connectivity index (χ4n) is 2.57. The van der Waals surface area contributed by atoms with E-state index in [-0.39, 0.29) is 0 Å². The lowest BCUT2D eigenvalue weighted by atomic mass is 10.1. The van der Waals surface area contributed by atoms with Gasteiger partial charge in [0.15, 0.2) is 0 Å². The Bertz CT molecular complexity index is 166. The molecule has 2 heterocycles. The molecule has 2 fully saturated rings. The van der Waals surface area contributed by atoms with E-state index in [1.165, 1.54) is 45.3 Å². The maximum Gasteiger partial charge on any atom is 0.0218 e. The minimum absolute atomic E-state index is 0.720. The van der Waals surface area contributed by atoms with Crippen molar-refractivity contribution >= 4 is 0 Å². The first-order chi connectivity index (χ1) is 6.86. The SMILES string of the molecule is CN1CCCC1CNC1CCCNC1. The average Bonchev–Trinajstić information content (AvgIpc) is 2.63. The van der Waals surface area contributed by atoms with Crippen LogP contribution in [0.2, 0.25) is 0 Å². The van der Waals surface area contributed by atoms with Crippen LogP contribution in [-0.2, 0) is 0 Å². The van der Waals surface area contributed by atoms with Crippen LogP contribution < -0.4 is 10.6 Å². The van der Waals surface area contributed by atoms with Crippen LogP contribution in [0.15, 0.2) is 0 Å². The molecule has 0 amide bonds. The van der Waals surface area contributed by atoms with Gasteiger partial charge in [-0.25, -0.2) is 0 Å². The number of nitrogens with one attached hydrogen (secondary N) is 2. The van der Waals surface area contributed by atoms with Crippen LogP contribution in [0.3, 0.4) is 0 Å². The highest BCUT2D eigenvalue weighted by Gasteiger charge is 2.21. The molecule has 0 aromatic rings. The van der Waals surface area contributed by atoms with Crippen molar-refractivity contribution in [3.63, 3.8) is 0 Å². The third-order valence-corrected chi connectivity index (χ3v) is 3.61. The molecule has 0 radical (unpaired) electrons. The van der Waals surface area contributed by atoms with Gasteiger partial charge in [0.2, 0.25) is 0 Å². The van der Waals surface area contributed by atoms with Gasteiger partial charge in [-0.05, 0) is 45.8 Å². The molecule has 2 saturated heterocycles. The molecule has 0 bridgehead atoms. The maximum absolute atomic E-state index is 3.69. The van der Waals surface area contributed by atoms with Crippen LogP contribution in [0.25, 0.3) is 0 Å². The highest BCUT2D eigenvalue weighted by atomic mass is 15.2. The van der Waals surface area contributed by atoms with E-state index in [1.54, 1.807) is 0 Å². The second-order valence-corrected chi connectivity index (χ2v) is 4.73. The third-order valence-electron chi connectivity index (χ3n) is 3.61. The fourth-order valence-corrected chi connectivity index (χ4v) is 2.57. The molecule has 3 heteroatoms. The number of nitrogens with zero attached hydrogens (tertiary/aromatic N) is 1. The molecule has 0 aromatic carbocycles. The van der Waals surface area contributed by atoms with Crippen molar-refractivity contribution in [1.29, 1.82) is 0 Å². The first-order valence-corrected chi connectivity index (χ1v) is 6.00. The van der Waals surface area contributed by atoms with E-state index in [2.05, 4.69) is 22.6 Å². The van der Waals surface area contributed by atoms with Crippen molar-refractivity contribution < 1.29 is 0 Å². The highest BCUT2D eigenvalue weighted by molar-refractivity contribution is 4.82. The Hall–Kier alpha value is -0.120. The summed E-state index contributed by atoms with van der Waals surface area (Å²) in [5, 5.41) is 7.14. The van der Waals surface area contributed by atoms with E-state index in [9.17, 15) is 0 Å². The molecule has 14 heavy (non-hydrogen) atoms. The zero-order valence-corrected chi connectivity index (χ0v) is 9.26. The lowest BCUT2D eigenvalue weighted by Gasteiger charge is -2.27. The van der Waals surface area contributed by atoms with E-state index < -0.39 is 0 Å². The Kier molecular flexibility index (Phi) is 3.79. The monoisotopic (exact) mass is 197 g/mol. The Morgan fingerprint density at radius 1 is 1.36 bits per heavy atom. The number of likely N-dealkylation sites (N-methyl/N-ethyl adjacent to an activating group) is 1. The van der Waals surface area contributed by atoms with Crippen molar-refractivity contribution in [1.82, 2.24) is 15.5 Å². The van der Waals surface area contributed by atoms with E-state index >= 15 is 0 Å². The normalized spacial score (nSPS) is 34.9. The number of piperidine rings is 1. The minimum atomic E-state index is 0.720. The second kappa shape index (κ2) is 5.10. The van der Waals surface area contributed by atoms with Crippen molar-refractivity contribution in [3.8, 4) is 0 Å². The molecule has 82 valence electrons. The predicted octanol–water partition coefficient (Wildman–Crippen LogP) is 0.422. The molecule has 2 unspecified atom stereocenters. The maximum atomic E-state index is 3.69. The zero-order valence-electron chi connectivity index (χ0n) is 9.26. The van der Waals surface area contributed by atoms with Crippen LogP contribution in [-0.4, -0.2) is 50.2 Å². The van der Waals surface area contributed by atoms with Crippen molar-refractivity contribution in [2.24, 2.45) is 0 Å². The third kappa shape index (κ3) is 2.69. The van der Waals surface area contributed by atoms with Gasteiger partial charge in [0.05, 0.1) is 0 Å². The lowest BCUT2D eigenvalue weighted by Crippen LogP contribution is -2.47. The first-order valence-electron chi connectivity index (χ1n) is 6.00. The number of hydrogen-bond donors (Lipinski definition) is 2. The van der Waals surface area contributed by atoms with Crippen LogP contribution in [0.4, 0.5) is 0 Å². The smallest absolute Gasteiger partial charge is 0.0218 e. The summed E-state index contributed by atoms with van der Waals surface area (Å²) in [7, 11) is 2.25. The second-order valence-electron chi connectivity index (χ2n) is 4.73. The largest absolute Gasteiger partial charge is 0.315 e. The summed E-state index contributed by atoms with van der Waals surface area (Å²) in [4.78, 5) is 2.49. The van der Waals surface area contributed by atoms with Gasteiger partial charge in [0, 0.05) is 25.2 Å². The molecular weight excluding hydrogens is 174 g/mol. The van der Waals surface area contributed by atoms with E-state index in [4.69, 9.17) is 0 Å². The van der Waals surface area contributed by atoms with E-state index in [0.717, 1.165) is 18.6 Å². The first kappa shape index (κ1) is 10.4. The zero-order chi connectivity index (χ0) is 9.80. The summed E-state index contributed by atoms with van der Waals surface area (Å²) in [6.45, 7) is 4.84. The van der Waals surface area contributed by atoms with Crippen LogP contribution in [0.1, 0.15) is 25.7 Å². The van der Waals surface area contributed by atoms with Gasteiger partial charge in [-0.3, -0.25) is 0 Å². The van der Waals surface area contributed by atoms with Gasteiger partial charge in [-0.1, -0.05) is 0 Å². The Morgan fingerprint density at radius 3 is 2.93 bits per heavy atom. The summed E-state index contributed by atoms with van der Waals surface area (Å²) in [6, 6.07) is 1.51. The molecule has 2 atom stereocenters. The topological polar surface area (TPSA) is 27.3 Å². The van der Waals surface area contributed by atoms with E-state index in [0.29, 0.717) is 0 Å². The molecule has 2 rings (SSSR count). The van der Waals surface area contributed by atoms with Crippen molar-refractivity contribution in [2.75, 3.05) is 33.2 Å². The molecule has 0 aromatic heterocycles. The molecule has 2 aliphatic rings. The van der Waals surface area contributed by atoms with Crippen LogP contribution >= 0.6 is 0 Å². The Balaban J connectivity index is 1.65. The molecule has 2 aliphatic heterocycles. The lowest BCUT2D eigenvalue weighted by molar-refractivity contribution is 0.280. The number of hydrogen-bond acceptors (Lipinski definition) is 3. The van der Waals surface area contributed by atoms with Gasteiger partial charge >= 0.3 is 0 Å². The van der Waals surface area contributed by atoms with Crippen LogP contribution in [0.5, 0.6) is 0 Å². The summed E-state index contributed by atoms with van der Waals surface area (Å²) in [5.41, 5.74) is 0. The standard InChI is InChI=1S/C11H23N3/c1-14-7-3-5-11(14)9-13-10-4-2-6-12-8-10/h10-13H,2-9H2,1H3. The predicted molar refractivity (Wildman–Crippen MR) is 59.5 cm³/mol. The van der Waals surface area contributed by atoms with Gasteiger partial charge in [-0.2, -0.15) is 0 Å². The van der Waals surface area contributed by atoms with E-state index in [1.807, 2.05) is 0 Å². The quantitative estimate of drug-likeness (QED) is 0.687. The van der Waals surface area contributed by atoms with Gasteiger partial charge < -0.3 is 15.5 Å². The summed E-state index contributed by atoms with van der Waals surface area (Å²) in [6.07, 6.45) is 5.44. The number of rotatable bonds is 3. The summed E-state index contributed by atoms with van der Waals surface area (Å²) >= 11 is 0. The molecule has 0 saturated carbocycles. The van der Waals surface area contributed by atoms with Gasteiger partial charge in [-0.15, -0.1) is 0 Å². The Labute approximate surface area is 87.2 Å². The van der Waals surface area contributed by atoms with Crippen molar-refractivity contribution in [2.45, 2.75) is 37.8 Å². The minimum Gasteiger partial charge on any atom is -0.315 e. The molecule has 2 N–H and O–H groups in total. The molecule has 3 nitrogen and oxygen atoms in total. The fraction of sp³-hybridized carbons (Fsp3) is 1.00. The average molecular weight is 197 g/mol. The van der Waals surface area contributed by atoms with Gasteiger partial charge in [0.1, 0.15) is 0 Å². The molecule has 0 aliphatic carbocycles.